The SMILES string of the molecule is CC(O)C1CCCCN1C(=O)/C=C/c1csc(Br)c1. The first-order chi connectivity index (χ1) is 9.08. The summed E-state index contributed by atoms with van der Waals surface area (Å²) < 4.78 is 1.06. The number of carbonyl (C=O) groups is 1. The van der Waals surface area contributed by atoms with Crippen LogP contribution in [0.2, 0.25) is 0 Å². The van der Waals surface area contributed by atoms with Crippen LogP contribution in [0.3, 0.4) is 0 Å². The van der Waals surface area contributed by atoms with E-state index in [4.69, 9.17) is 0 Å². The number of thiophene rings is 1. The molecule has 2 unspecified atom stereocenters. The fourth-order valence-electron chi connectivity index (χ4n) is 2.41. The summed E-state index contributed by atoms with van der Waals surface area (Å²) in [4.78, 5) is 14.0. The van der Waals surface area contributed by atoms with Crippen LogP contribution in [0.1, 0.15) is 31.7 Å². The average molecular weight is 344 g/mol. The van der Waals surface area contributed by atoms with Crippen molar-refractivity contribution in [1.29, 1.82) is 0 Å². The highest BCUT2D eigenvalue weighted by molar-refractivity contribution is 9.11. The van der Waals surface area contributed by atoms with Gasteiger partial charge in [0, 0.05) is 12.6 Å². The Morgan fingerprint density at radius 3 is 3.05 bits per heavy atom. The van der Waals surface area contributed by atoms with Crippen LogP contribution in [-0.4, -0.2) is 34.6 Å². The monoisotopic (exact) mass is 343 g/mol. The molecule has 0 saturated carbocycles. The Labute approximate surface area is 126 Å². The largest absolute Gasteiger partial charge is 0.391 e. The second-order valence-corrected chi connectivity index (χ2v) is 7.14. The lowest BCUT2D eigenvalue weighted by atomic mass is 9.98. The third-order valence-corrected chi connectivity index (χ3v) is 4.92. The molecule has 104 valence electrons. The first-order valence-electron chi connectivity index (χ1n) is 6.48. The molecular weight excluding hydrogens is 326 g/mol. The smallest absolute Gasteiger partial charge is 0.246 e. The lowest BCUT2D eigenvalue weighted by molar-refractivity contribution is -0.132. The van der Waals surface area contributed by atoms with Crippen LogP contribution in [0.4, 0.5) is 0 Å². The van der Waals surface area contributed by atoms with Gasteiger partial charge < -0.3 is 10.0 Å². The van der Waals surface area contributed by atoms with Gasteiger partial charge in [0.15, 0.2) is 0 Å². The van der Waals surface area contributed by atoms with Crippen molar-refractivity contribution in [1.82, 2.24) is 4.90 Å². The van der Waals surface area contributed by atoms with E-state index >= 15 is 0 Å². The molecule has 19 heavy (non-hydrogen) atoms. The molecule has 1 aromatic rings. The van der Waals surface area contributed by atoms with E-state index in [0.29, 0.717) is 0 Å². The lowest BCUT2D eigenvalue weighted by Gasteiger charge is -2.36. The van der Waals surface area contributed by atoms with Crippen LogP contribution < -0.4 is 0 Å². The van der Waals surface area contributed by atoms with E-state index in [0.717, 1.165) is 35.2 Å². The number of likely N-dealkylation sites (tertiary alicyclic amines) is 1. The number of aliphatic hydroxyl groups is 1. The number of carbonyl (C=O) groups excluding carboxylic acids is 1. The summed E-state index contributed by atoms with van der Waals surface area (Å²) in [6, 6.07) is 1.94. The predicted octanol–water partition coefficient (Wildman–Crippen LogP) is 3.29. The topological polar surface area (TPSA) is 40.5 Å². The van der Waals surface area contributed by atoms with Gasteiger partial charge in [-0.2, -0.15) is 0 Å². The summed E-state index contributed by atoms with van der Waals surface area (Å²) in [6.07, 6.45) is 5.97. The molecule has 0 bridgehead atoms. The van der Waals surface area contributed by atoms with Crippen LogP contribution in [0, 0.1) is 0 Å². The minimum Gasteiger partial charge on any atom is -0.391 e. The average Bonchev–Trinajstić information content (AvgIpc) is 2.81. The molecule has 1 aromatic heterocycles. The van der Waals surface area contributed by atoms with E-state index in [-0.39, 0.29) is 11.9 Å². The maximum absolute atomic E-state index is 12.2. The Hall–Kier alpha value is -0.650. The molecule has 2 atom stereocenters. The molecule has 1 aliphatic heterocycles. The molecule has 1 N–H and O–H groups in total. The van der Waals surface area contributed by atoms with Gasteiger partial charge in [-0.3, -0.25) is 4.79 Å². The fraction of sp³-hybridized carbons (Fsp3) is 0.500. The van der Waals surface area contributed by atoms with E-state index in [9.17, 15) is 9.90 Å². The first-order valence-corrected chi connectivity index (χ1v) is 8.16. The van der Waals surface area contributed by atoms with Crippen molar-refractivity contribution in [2.24, 2.45) is 0 Å². The molecule has 0 spiro atoms. The summed E-state index contributed by atoms with van der Waals surface area (Å²) in [7, 11) is 0. The van der Waals surface area contributed by atoms with Gasteiger partial charge in [-0.15, -0.1) is 11.3 Å². The van der Waals surface area contributed by atoms with Gasteiger partial charge in [0.25, 0.3) is 0 Å². The zero-order valence-corrected chi connectivity index (χ0v) is 13.3. The second kappa shape index (κ2) is 6.68. The van der Waals surface area contributed by atoms with E-state index in [1.54, 1.807) is 29.2 Å². The van der Waals surface area contributed by atoms with Crippen molar-refractivity contribution in [3.05, 3.63) is 26.9 Å². The Bertz CT molecular complexity index is 470. The third kappa shape index (κ3) is 3.91. The summed E-state index contributed by atoms with van der Waals surface area (Å²) >= 11 is 5.00. The number of halogens is 1. The van der Waals surface area contributed by atoms with Crippen molar-refractivity contribution in [3.63, 3.8) is 0 Å². The molecule has 3 nitrogen and oxygen atoms in total. The van der Waals surface area contributed by atoms with Crippen molar-refractivity contribution in [3.8, 4) is 0 Å². The minimum absolute atomic E-state index is 0.00655. The normalized spacial score (nSPS) is 21.8. The number of nitrogens with zero attached hydrogens (tertiary/aromatic N) is 1. The first kappa shape index (κ1) is 14.8. The maximum Gasteiger partial charge on any atom is 0.246 e. The zero-order valence-electron chi connectivity index (χ0n) is 10.9. The molecule has 2 heterocycles. The van der Waals surface area contributed by atoms with Crippen molar-refractivity contribution < 1.29 is 9.90 Å². The van der Waals surface area contributed by atoms with Crippen LogP contribution in [-0.2, 0) is 4.79 Å². The highest BCUT2D eigenvalue weighted by Crippen LogP contribution is 2.23. The van der Waals surface area contributed by atoms with Gasteiger partial charge in [0.1, 0.15) is 0 Å². The highest BCUT2D eigenvalue weighted by Gasteiger charge is 2.28. The van der Waals surface area contributed by atoms with Crippen LogP contribution in [0.15, 0.2) is 21.3 Å². The number of rotatable bonds is 3. The number of hydrogen-bond donors (Lipinski definition) is 1. The number of piperidine rings is 1. The molecule has 5 heteroatoms. The molecule has 2 rings (SSSR count). The molecule has 0 radical (unpaired) electrons. The summed E-state index contributed by atoms with van der Waals surface area (Å²) in [5.41, 5.74) is 1.02. The van der Waals surface area contributed by atoms with E-state index in [1.807, 2.05) is 17.5 Å². The third-order valence-electron chi connectivity index (χ3n) is 3.40. The number of hydrogen-bond acceptors (Lipinski definition) is 3. The Morgan fingerprint density at radius 2 is 2.42 bits per heavy atom. The second-order valence-electron chi connectivity index (χ2n) is 4.85. The van der Waals surface area contributed by atoms with E-state index in [2.05, 4.69) is 15.9 Å². The molecule has 1 amide bonds. The van der Waals surface area contributed by atoms with E-state index in [1.165, 1.54) is 0 Å². The number of amides is 1. The Kier molecular flexibility index (Phi) is 5.19. The summed E-state index contributed by atoms with van der Waals surface area (Å²) in [6.45, 7) is 2.50. The Balaban J connectivity index is 2.03. The zero-order chi connectivity index (χ0) is 13.8. The van der Waals surface area contributed by atoms with Crippen LogP contribution >= 0.6 is 27.3 Å². The van der Waals surface area contributed by atoms with Crippen LogP contribution in [0.25, 0.3) is 6.08 Å². The number of aliphatic hydroxyl groups excluding tert-OH is 1. The Morgan fingerprint density at radius 1 is 1.63 bits per heavy atom. The van der Waals surface area contributed by atoms with Gasteiger partial charge in [-0.05, 0) is 65.2 Å². The molecule has 1 aliphatic rings. The fourth-order valence-corrected chi connectivity index (χ4v) is 3.55. The predicted molar refractivity (Wildman–Crippen MR) is 82.1 cm³/mol. The summed E-state index contributed by atoms with van der Waals surface area (Å²) in [5, 5.41) is 11.8. The molecular formula is C14H18BrNO2S. The summed E-state index contributed by atoms with van der Waals surface area (Å²) in [5.74, 6) is -0.00655. The lowest BCUT2D eigenvalue weighted by Crippen LogP contribution is -2.48. The quantitative estimate of drug-likeness (QED) is 0.855. The highest BCUT2D eigenvalue weighted by atomic mass is 79.9. The molecule has 1 saturated heterocycles. The van der Waals surface area contributed by atoms with Crippen molar-refractivity contribution >= 4 is 39.2 Å². The van der Waals surface area contributed by atoms with Crippen LogP contribution in [0.5, 0.6) is 0 Å². The van der Waals surface area contributed by atoms with Gasteiger partial charge in [-0.1, -0.05) is 0 Å². The molecule has 0 aliphatic carbocycles. The molecule has 0 aromatic carbocycles. The standard InChI is InChI=1S/C14H18BrNO2S/c1-10(17)12-4-2-3-7-16(12)14(18)6-5-11-8-13(15)19-9-11/h5-6,8-10,12,17H,2-4,7H2,1H3/b6-5+. The van der Waals surface area contributed by atoms with Gasteiger partial charge >= 0.3 is 0 Å². The van der Waals surface area contributed by atoms with Gasteiger partial charge in [0.2, 0.25) is 5.91 Å². The minimum atomic E-state index is -0.465. The van der Waals surface area contributed by atoms with Crippen molar-refractivity contribution in [2.75, 3.05) is 6.54 Å². The van der Waals surface area contributed by atoms with Gasteiger partial charge in [-0.25, -0.2) is 0 Å². The maximum atomic E-state index is 12.2. The molecule has 1 fully saturated rings. The van der Waals surface area contributed by atoms with E-state index < -0.39 is 6.10 Å². The van der Waals surface area contributed by atoms with Gasteiger partial charge in [0.05, 0.1) is 15.9 Å². The van der Waals surface area contributed by atoms with Crippen molar-refractivity contribution in [2.45, 2.75) is 38.3 Å².